The molecule has 0 bridgehead atoms. The summed E-state index contributed by atoms with van der Waals surface area (Å²) in [5.41, 5.74) is 3.04. The number of fused-ring (bicyclic) bond motifs is 1. The predicted octanol–water partition coefficient (Wildman–Crippen LogP) is 4.14. The van der Waals surface area contributed by atoms with Gasteiger partial charge in [0.25, 0.3) is 5.91 Å². The van der Waals surface area contributed by atoms with Crippen LogP contribution < -0.4 is 10.2 Å². The Morgan fingerprint density at radius 3 is 2.64 bits per heavy atom. The normalized spacial score (nSPS) is 10.7. The Bertz CT molecular complexity index is 839. The van der Waals surface area contributed by atoms with Crippen molar-refractivity contribution < 1.29 is 4.79 Å². The zero-order valence-electron chi connectivity index (χ0n) is 12.4. The second-order valence-electron chi connectivity index (χ2n) is 5.29. The number of para-hydroxylation sites is 1. The number of halogens is 1. The Labute approximate surface area is 133 Å². The molecular formula is C17H16ClN3O. The van der Waals surface area contributed by atoms with Crippen LogP contribution in [-0.4, -0.2) is 25.0 Å². The average molecular weight is 314 g/mol. The molecule has 22 heavy (non-hydrogen) atoms. The van der Waals surface area contributed by atoms with Crippen LogP contribution in [0, 0.1) is 0 Å². The van der Waals surface area contributed by atoms with Gasteiger partial charge in [0.15, 0.2) is 0 Å². The monoisotopic (exact) mass is 313 g/mol. The van der Waals surface area contributed by atoms with Gasteiger partial charge >= 0.3 is 0 Å². The van der Waals surface area contributed by atoms with E-state index in [9.17, 15) is 4.79 Å². The van der Waals surface area contributed by atoms with Crippen molar-refractivity contribution >= 4 is 39.8 Å². The van der Waals surface area contributed by atoms with Crippen LogP contribution in [0.1, 0.15) is 10.5 Å². The van der Waals surface area contributed by atoms with Gasteiger partial charge in [-0.2, -0.15) is 0 Å². The van der Waals surface area contributed by atoms with E-state index in [1.807, 2.05) is 55.4 Å². The second-order valence-corrected chi connectivity index (χ2v) is 5.69. The van der Waals surface area contributed by atoms with Crippen molar-refractivity contribution in [3.63, 3.8) is 0 Å². The van der Waals surface area contributed by atoms with Crippen LogP contribution in [0.4, 0.5) is 11.4 Å². The van der Waals surface area contributed by atoms with Crippen LogP contribution in [0.15, 0.2) is 48.5 Å². The van der Waals surface area contributed by atoms with E-state index in [2.05, 4.69) is 10.3 Å². The van der Waals surface area contributed by atoms with Gasteiger partial charge < -0.3 is 15.2 Å². The molecule has 112 valence electrons. The van der Waals surface area contributed by atoms with Gasteiger partial charge in [-0.15, -0.1) is 0 Å². The topological polar surface area (TPSA) is 48.1 Å². The molecular weight excluding hydrogens is 298 g/mol. The molecule has 0 unspecified atom stereocenters. The number of H-pyrrole nitrogens is 1. The lowest BCUT2D eigenvalue weighted by atomic mass is 10.2. The predicted molar refractivity (Wildman–Crippen MR) is 92.0 cm³/mol. The number of nitrogens with zero attached hydrogens (tertiary/aromatic N) is 1. The van der Waals surface area contributed by atoms with E-state index < -0.39 is 0 Å². The fourth-order valence-electron chi connectivity index (χ4n) is 2.30. The van der Waals surface area contributed by atoms with E-state index in [-0.39, 0.29) is 5.91 Å². The zero-order valence-corrected chi connectivity index (χ0v) is 13.1. The molecule has 0 spiro atoms. The largest absolute Gasteiger partial charge is 0.378 e. The molecule has 0 radical (unpaired) electrons. The molecule has 3 rings (SSSR count). The Kier molecular flexibility index (Phi) is 3.77. The van der Waals surface area contributed by atoms with Crippen molar-refractivity contribution in [2.45, 2.75) is 0 Å². The third-order valence-corrected chi connectivity index (χ3v) is 3.79. The summed E-state index contributed by atoms with van der Waals surface area (Å²) in [7, 11) is 3.92. The maximum Gasteiger partial charge on any atom is 0.272 e. The van der Waals surface area contributed by atoms with E-state index in [4.69, 9.17) is 11.6 Å². The third-order valence-electron chi connectivity index (χ3n) is 3.47. The Morgan fingerprint density at radius 1 is 1.14 bits per heavy atom. The summed E-state index contributed by atoms with van der Waals surface area (Å²) in [4.78, 5) is 17.4. The van der Waals surface area contributed by atoms with Gasteiger partial charge in [-0.1, -0.05) is 29.8 Å². The van der Waals surface area contributed by atoms with Gasteiger partial charge in [0.1, 0.15) is 5.69 Å². The minimum atomic E-state index is -0.192. The maximum absolute atomic E-state index is 12.4. The zero-order chi connectivity index (χ0) is 15.7. The number of aromatic amines is 1. The van der Waals surface area contributed by atoms with Crippen molar-refractivity contribution in [1.82, 2.24) is 4.98 Å². The van der Waals surface area contributed by atoms with Crippen LogP contribution >= 0.6 is 11.6 Å². The number of benzene rings is 2. The van der Waals surface area contributed by atoms with Crippen molar-refractivity contribution in [3.05, 3.63) is 59.2 Å². The highest BCUT2D eigenvalue weighted by Crippen LogP contribution is 2.24. The quantitative estimate of drug-likeness (QED) is 0.763. The van der Waals surface area contributed by atoms with Gasteiger partial charge in [-0.05, 0) is 30.3 Å². The summed E-state index contributed by atoms with van der Waals surface area (Å²) in [6.45, 7) is 0. The Morgan fingerprint density at radius 2 is 1.91 bits per heavy atom. The second kappa shape index (κ2) is 5.73. The number of carbonyl (C=O) groups excluding carboxylic acids is 1. The first kappa shape index (κ1) is 14.5. The molecule has 0 fully saturated rings. The van der Waals surface area contributed by atoms with E-state index in [1.54, 1.807) is 12.1 Å². The summed E-state index contributed by atoms with van der Waals surface area (Å²) in [6, 6.07) is 15.1. The van der Waals surface area contributed by atoms with Gasteiger partial charge in [-0.25, -0.2) is 0 Å². The minimum Gasteiger partial charge on any atom is -0.378 e. The molecule has 1 amide bonds. The minimum absolute atomic E-state index is 0.192. The van der Waals surface area contributed by atoms with Gasteiger partial charge in [0.05, 0.1) is 10.5 Å². The van der Waals surface area contributed by atoms with E-state index in [0.717, 1.165) is 22.3 Å². The number of hydrogen-bond acceptors (Lipinski definition) is 2. The van der Waals surface area contributed by atoms with Crippen LogP contribution in [0.25, 0.3) is 10.9 Å². The molecule has 2 aromatic carbocycles. The molecule has 0 saturated carbocycles. The summed E-state index contributed by atoms with van der Waals surface area (Å²) in [6.07, 6.45) is 0. The lowest BCUT2D eigenvalue weighted by Gasteiger charge is -2.13. The van der Waals surface area contributed by atoms with E-state index >= 15 is 0 Å². The van der Waals surface area contributed by atoms with E-state index in [0.29, 0.717) is 10.7 Å². The highest BCUT2D eigenvalue weighted by atomic mass is 35.5. The molecule has 0 aliphatic heterocycles. The first-order valence-corrected chi connectivity index (χ1v) is 7.28. The molecule has 3 aromatic rings. The first-order valence-electron chi connectivity index (χ1n) is 6.90. The van der Waals surface area contributed by atoms with Crippen LogP contribution in [0.5, 0.6) is 0 Å². The van der Waals surface area contributed by atoms with E-state index in [1.165, 1.54) is 0 Å². The molecule has 1 heterocycles. The molecule has 2 N–H and O–H groups in total. The Hall–Kier alpha value is -2.46. The molecule has 0 atom stereocenters. The highest BCUT2D eigenvalue weighted by molar-refractivity contribution is 6.35. The molecule has 1 aromatic heterocycles. The van der Waals surface area contributed by atoms with Crippen molar-refractivity contribution in [2.24, 2.45) is 0 Å². The molecule has 0 saturated heterocycles. The lowest BCUT2D eigenvalue weighted by Crippen LogP contribution is -2.13. The molecule has 0 aliphatic carbocycles. The highest BCUT2D eigenvalue weighted by Gasteiger charge is 2.11. The first-order chi connectivity index (χ1) is 10.5. The molecule has 0 aliphatic rings. The SMILES string of the molecule is CN(C)c1cccc(NC(=O)c2cc3cccc(Cl)c3[nH]2)c1. The number of rotatable bonds is 3. The summed E-state index contributed by atoms with van der Waals surface area (Å²) >= 11 is 6.12. The standard InChI is InChI=1S/C17H16ClN3O/c1-21(2)13-7-4-6-12(10-13)19-17(22)15-9-11-5-3-8-14(18)16(11)20-15/h3-10,20H,1-2H3,(H,19,22). The molecule has 4 nitrogen and oxygen atoms in total. The number of nitrogens with one attached hydrogen (secondary N) is 2. The van der Waals surface area contributed by atoms with Gasteiger partial charge in [-0.3, -0.25) is 4.79 Å². The summed E-state index contributed by atoms with van der Waals surface area (Å²) in [5.74, 6) is -0.192. The number of amides is 1. The fraction of sp³-hybridized carbons (Fsp3) is 0.118. The van der Waals surface area contributed by atoms with Crippen molar-refractivity contribution in [1.29, 1.82) is 0 Å². The maximum atomic E-state index is 12.4. The number of anilines is 2. The lowest BCUT2D eigenvalue weighted by molar-refractivity contribution is 0.102. The smallest absolute Gasteiger partial charge is 0.272 e. The number of aromatic nitrogens is 1. The average Bonchev–Trinajstić information content (AvgIpc) is 2.93. The van der Waals surface area contributed by atoms with Crippen molar-refractivity contribution in [3.8, 4) is 0 Å². The fourth-order valence-corrected chi connectivity index (χ4v) is 2.53. The number of carbonyl (C=O) groups is 1. The van der Waals surface area contributed by atoms with Crippen LogP contribution in [-0.2, 0) is 0 Å². The van der Waals surface area contributed by atoms with Gasteiger partial charge in [0, 0.05) is 30.9 Å². The summed E-state index contributed by atoms with van der Waals surface area (Å²) < 4.78 is 0. The number of hydrogen-bond donors (Lipinski definition) is 2. The third kappa shape index (κ3) is 2.78. The van der Waals surface area contributed by atoms with Crippen LogP contribution in [0.2, 0.25) is 5.02 Å². The summed E-state index contributed by atoms with van der Waals surface area (Å²) in [5, 5.41) is 4.41. The van der Waals surface area contributed by atoms with Crippen LogP contribution in [0.3, 0.4) is 0 Å². The van der Waals surface area contributed by atoms with Gasteiger partial charge in [0.2, 0.25) is 0 Å². The Balaban J connectivity index is 1.87. The molecule has 5 heteroatoms. The van der Waals surface area contributed by atoms with Crippen molar-refractivity contribution in [2.75, 3.05) is 24.3 Å².